The quantitative estimate of drug-likeness (QED) is 0.940. The summed E-state index contributed by atoms with van der Waals surface area (Å²) in [5.41, 5.74) is 2.32. The van der Waals surface area contributed by atoms with Crippen molar-refractivity contribution in [3.8, 4) is 0 Å². The van der Waals surface area contributed by atoms with Gasteiger partial charge < -0.3 is 10.2 Å². The highest BCUT2D eigenvalue weighted by Gasteiger charge is 2.27. The standard InChI is InChI=1S/C16H18N2OS/c19-16(10-13-6-9-20-12-13)18-8-7-17-11-15(18)14-4-2-1-3-5-14/h1-6,9,12,15,17H,7-8,10-11H2. The number of carbonyl (C=O) groups excluding carboxylic acids is 1. The maximum atomic E-state index is 12.6. The summed E-state index contributed by atoms with van der Waals surface area (Å²) in [6, 6.07) is 12.5. The van der Waals surface area contributed by atoms with Gasteiger partial charge in [-0.25, -0.2) is 0 Å². The largest absolute Gasteiger partial charge is 0.333 e. The molecule has 2 heterocycles. The summed E-state index contributed by atoms with van der Waals surface area (Å²) in [6.07, 6.45) is 0.507. The van der Waals surface area contributed by atoms with E-state index in [1.807, 2.05) is 34.5 Å². The highest BCUT2D eigenvalue weighted by Crippen LogP contribution is 2.23. The van der Waals surface area contributed by atoms with Crippen LogP contribution in [0.4, 0.5) is 0 Å². The molecule has 0 spiro atoms. The molecule has 1 atom stereocenters. The van der Waals surface area contributed by atoms with Gasteiger partial charge in [0, 0.05) is 19.6 Å². The first kappa shape index (κ1) is 13.3. The van der Waals surface area contributed by atoms with Crippen molar-refractivity contribution in [1.82, 2.24) is 10.2 Å². The van der Waals surface area contributed by atoms with Gasteiger partial charge in [0.05, 0.1) is 12.5 Å². The summed E-state index contributed by atoms with van der Waals surface area (Å²) in [4.78, 5) is 14.6. The number of hydrogen-bond donors (Lipinski definition) is 1. The Bertz CT molecular complexity index is 553. The number of piperazine rings is 1. The molecule has 1 aliphatic rings. The molecule has 1 aliphatic heterocycles. The van der Waals surface area contributed by atoms with Crippen molar-refractivity contribution in [2.45, 2.75) is 12.5 Å². The Morgan fingerprint density at radius 3 is 2.90 bits per heavy atom. The zero-order valence-corrected chi connectivity index (χ0v) is 12.1. The van der Waals surface area contributed by atoms with E-state index in [9.17, 15) is 4.79 Å². The van der Waals surface area contributed by atoms with Crippen molar-refractivity contribution >= 4 is 17.2 Å². The molecule has 4 heteroatoms. The van der Waals surface area contributed by atoms with Gasteiger partial charge in [-0.05, 0) is 28.0 Å². The Labute approximate surface area is 123 Å². The Hall–Kier alpha value is -1.65. The van der Waals surface area contributed by atoms with Crippen LogP contribution in [0.5, 0.6) is 0 Å². The van der Waals surface area contributed by atoms with Gasteiger partial charge in [0.2, 0.25) is 5.91 Å². The molecule has 1 unspecified atom stereocenters. The maximum Gasteiger partial charge on any atom is 0.227 e. The van der Waals surface area contributed by atoms with Gasteiger partial charge >= 0.3 is 0 Å². The molecule has 1 saturated heterocycles. The number of amides is 1. The molecule has 1 amide bonds. The molecule has 1 fully saturated rings. The summed E-state index contributed by atoms with van der Waals surface area (Å²) in [5, 5.41) is 7.46. The molecule has 1 aromatic heterocycles. The van der Waals surface area contributed by atoms with Gasteiger partial charge in [0.1, 0.15) is 0 Å². The molecule has 0 saturated carbocycles. The van der Waals surface area contributed by atoms with E-state index in [1.54, 1.807) is 11.3 Å². The zero-order chi connectivity index (χ0) is 13.8. The fourth-order valence-electron chi connectivity index (χ4n) is 2.65. The van der Waals surface area contributed by atoms with Crippen molar-refractivity contribution in [3.63, 3.8) is 0 Å². The van der Waals surface area contributed by atoms with Crippen LogP contribution < -0.4 is 5.32 Å². The van der Waals surface area contributed by atoms with E-state index >= 15 is 0 Å². The number of benzene rings is 1. The predicted octanol–water partition coefficient (Wildman–Crippen LogP) is 2.46. The van der Waals surface area contributed by atoms with E-state index in [2.05, 4.69) is 22.8 Å². The third-order valence-electron chi connectivity index (χ3n) is 3.68. The second-order valence-electron chi connectivity index (χ2n) is 5.03. The maximum absolute atomic E-state index is 12.6. The van der Waals surface area contributed by atoms with E-state index in [1.165, 1.54) is 5.56 Å². The second kappa shape index (κ2) is 6.20. The first-order valence-corrected chi connectivity index (χ1v) is 7.85. The Kier molecular flexibility index (Phi) is 4.14. The van der Waals surface area contributed by atoms with E-state index in [4.69, 9.17) is 0 Å². The van der Waals surface area contributed by atoms with Gasteiger partial charge in [0.15, 0.2) is 0 Å². The van der Waals surface area contributed by atoms with Gasteiger partial charge in [0.25, 0.3) is 0 Å². The lowest BCUT2D eigenvalue weighted by atomic mass is 10.0. The summed E-state index contributed by atoms with van der Waals surface area (Å²) in [7, 11) is 0. The summed E-state index contributed by atoms with van der Waals surface area (Å²) < 4.78 is 0. The fraction of sp³-hybridized carbons (Fsp3) is 0.312. The summed E-state index contributed by atoms with van der Waals surface area (Å²) in [5.74, 6) is 0.221. The lowest BCUT2D eigenvalue weighted by Gasteiger charge is -2.36. The number of carbonyl (C=O) groups is 1. The van der Waals surface area contributed by atoms with Crippen LogP contribution in [-0.4, -0.2) is 30.4 Å². The van der Waals surface area contributed by atoms with Crippen molar-refractivity contribution in [1.29, 1.82) is 0 Å². The lowest BCUT2D eigenvalue weighted by Crippen LogP contribution is -2.49. The van der Waals surface area contributed by atoms with E-state index in [-0.39, 0.29) is 11.9 Å². The van der Waals surface area contributed by atoms with Gasteiger partial charge in [-0.2, -0.15) is 11.3 Å². The summed E-state index contributed by atoms with van der Waals surface area (Å²) >= 11 is 1.64. The fourth-order valence-corrected chi connectivity index (χ4v) is 3.31. The number of thiophene rings is 1. The highest BCUT2D eigenvalue weighted by molar-refractivity contribution is 7.07. The first-order chi connectivity index (χ1) is 9.84. The topological polar surface area (TPSA) is 32.3 Å². The van der Waals surface area contributed by atoms with Crippen LogP contribution >= 0.6 is 11.3 Å². The van der Waals surface area contributed by atoms with E-state index < -0.39 is 0 Å². The van der Waals surface area contributed by atoms with Crippen LogP contribution in [0.2, 0.25) is 0 Å². The van der Waals surface area contributed by atoms with Crippen LogP contribution in [-0.2, 0) is 11.2 Å². The summed E-state index contributed by atoms with van der Waals surface area (Å²) in [6.45, 7) is 2.49. The average Bonchev–Trinajstić information content (AvgIpc) is 3.01. The molecule has 0 aliphatic carbocycles. The normalized spacial score (nSPS) is 19.0. The molecule has 1 aromatic carbocycles. The SMILES string of the molecule is O=C(Cc1ccsc1)N1CCNCC1c1ccccc1. The predicted molar refractivity (Wildman–Crippen MR) is 81.8 cm³/mol. The molecule has 104 valence electrons. The Balaban J connectivity index is 1.77. The average molecular weight is 286 g/mol. The van der Waals surface area contributed by atoms with Crippen molar-refractivity contribution in [3.05, 3.63) is 58.3 Å². The van der Waals surface area contributed by atoms with Crippen molar-refractivity contribution < 1.29 is 4.79 Å². The molecule has 20 heavy (non-hydrogen) atoms. The Morgan fingerprint density at radius 1 is 1.30 bits per heavy atom. The number of nitrogens with zero attached hydrogens (tertiary/aromatic N) is 1. The molecule has 0 bridgehead atoms. The van der Waals surface area contributed by atoms with Crippen LogP contribution in [0.1, 0.15) is 17.2 Å². The van der Waals surface area contributed by atoms with Crippen LogP contribution in [0.15, 0.2) is 47.2 Å². The third kappa shape index (κ3) is 2.92. The molecule has 0 radical (unpaired) electrons. The minimum Gasteiger partial charge on any atom is -0.333 e. The minimum atomic E-state index is 0.149. The minimum absolute atomic E-state index is 0.149. The first-order valence-electron chi connectivity index (χ1n) is 6.91. The van der Waals surface area contributed by atoms with E-state index in [0.717, 1.165) is 25.2 Å². The van der Waals surface area contributed by atoms with Crippen molar-refractivity contribution in [2.75, 3.05) is 19.6 Å². The monoisotopic (exact) mass is 286 g/mol. The second-order valence-corrected chi connectivity index (χ2v) is 5.81. The molecule has 1 N–H and O–H groups in total. The third-order valence-corrected chi connectivity index (χ3v) is 4.42. The Morgan fingerprint density at radius 2 is 2.15 bits per heavy atom. The highest BCUT2D eigenvalue weighted by atomic mass is 32.1. The van der Waals surface area contributed by atoms with Gasteiger partial charge in [-0.3, -0.25) is 4.79 Å². The molecule has 3 nitrogen and oxygen atoms in total. The lowest BCUT2D eigenvalue weighted by molar-refractivity contribution is -0.133. The molecule has 2 aromatic rings. The van der Waals surface area contributed by atoms with Crippen LogP contribution in [0.25, 0.3) is 0 Å². The van der Waals surface area contributed by atoms with Gasteiger partial charge in [-0.1, -0.05) is 30.3 Å². The smallest absolute Gasteiger partial charge is 0.227 e. The zero-order valence-electron chi connectivity index (χ0n) is 11.3. The number of nitrogens with one attached hydrogen (secondary N) is 1. The molecule has 3 rings (SSSR count). The van der Waals surface area contributed by atoms with Gasteiger partial charge in [-0.15, -0.1) is 0 Å². The number of hydrogen-bond acceptors (Lipinski definition) is 3. The molecular formula is C16H18N2OS. The van der Waals surface area contributed by atoms with E-state index in [0.29, 0.717) is 6.42 Å². The van der Waals surface area contributed by atoms with Crippen LogP contribution in [0, 0.1) is 0 Å². The molecular weight excluding hydrogens is 268 g/mol. The van der Waals surface area contributed by atoms with Crippen molar-refractivity contribution in [2.24, 2.45) is 0 Å². The number of rotatable bonds is 3. The van der Waals surface area contributed by atoms with Crippen LogP contribution in [0.3, 0.4) is 0 Å².